The van der Waals surface area contributed by atoms with E-state index in [2.05, 4.69) is 17.2 Å². The van der Waals surface area contributed by atoms with Crippen molar-refractivity contribution in [3.63, 3.8) is 0 Å². The summed E-state index contributed by atoms with van der Waals surface area (Å²) in [5, 5.41) is 2.91. The first-order valence-corrected chi connectivity index (χ1v) is 10.4. The first kappa shape index (κ1) is 21.8. The summed E-state index contributed by atoms with van der Waals surface area (Å²) in [5.74, 6) is 3.96. The van der Waals surface area contributed by atoms with Crippen molar-refractivity contribution in [2.75, 3.05) is 18.5 Å². The van der Waals surface area contributed by atoms with Crippen LogP contribution >= 0.6 is 0 Å². The molecule has 0 unspecified atom stereocenters. The molecule has 0 atom stereocenters. The van der Waals surface area contributed by atoms with Gasteiger partial charge in [0.1, 0.15) is 12.4 Å². The number of benzene rings is 3. The molecular weight excluding hydrogens is 415 g/mol. The van der Waals surface area contributed by atoms with E-state index in [1.807, 2.05) is 30.3 Å². The van der Waals surface area contributed by atoms with E-state index < -0.39 is 17.5 Å². The maximum Gasteiger partial charge on any atom is 0.173 e. The zero-order valence-corrected chi connectivity index (χ0v) is 17.3. The SMILES string of the molecule is Fc1ccc(Nc2c(F)cc(F)c(OCc3ccccc3)c2C#CC2CCOCC2)cc1. The van der Waals surface area contributed by atoms with E-state index in [0.29, 0.717) is 18.9 Å². The van der Waals surface area contributed by atoms with Crippen molar-refractivity contribution in [2.24, 2.45) is 5.92 Å². The first-order chi connectivity index (χ1) is 15.6. The third kappa shape index (κ3) is 5.43. The molecule has 0 bridgehead atoms. The zero-order chi connectivity index (χ0) is 22.3. The lowest BCUT2D eigenvalue weighted by molar-refractivity contribution is 0.0807. The number of rotatable bonds is 5. The highest BCUT2D eigenvalue weighted by atomic mass is 19.1. The van der Waals surface area contributed by atoms with Crippen molar-refractivity contribution >= 4 is 11.4 Å². The van der Waals surface area contributed by atoms with E-state index in [4.69, 9.17) is 9.47 Å². The van der Waals surface area contributed by atoms with Gasteiger partial charge in [0.05, 0.1) is 11.3 Å². The molecule has 1 saturated heterocycles. The van der Waals surface area contributed by atoms with Gasteiger partial charge in [-0.15, -0.1) is 0 Å². The molecule has 0 amide bonds. The molecule has 3 aromatic rings. The fourth-order valence-electron chi connectivity index (χ4n) is 3.41. The summed E-state index contributed by atoms with van der Waals surface area (Å²) in [4.78, 5) is 0. The van der Waals surface area contributed by atoms with Crippen molar-refractivity contribution in [3.8, 4) is 17.6 Å². The molecule has 32 heavy (non-hydrogen) atoms. The van der Waals surface area contributed by atoms with E-state index >= 15 is 0 Å². The summed E-state index contributed by atoms with van der Waals surface area (Å²) >= 11 is 0. The molecular formula is C26H22F3NO2. The number of hydrogen-bond donors (Lipinski definition) is 1. The number of nitrogens with one attached hydrogen (secondary N) is 1. The molecule has 6 heteroatoms. The third-order valence-electron chi connectivity index (χ3n) is 5.15. The Hall–Kier alpha value is -3.43. The fourth-order valence-corrected chi connectivity index (χ4v) is 3.41. The van der Waals surface area contributed by atoms with Crippen LogP contribution in [0.25, 0.3) is 0 Å². The molecule has 1 aliphatic heterocycles. The Morgan fingerprint density at radius 3 is 2.38 bits per heavy atom. The van der Waals surface area contributed by atoms with Gasteiger partial charge in [0.2, 0.25) is 0 Å². The van der Waals surface area contributed by atoms with Crippen LogP contribution in [0.3, 0.4) is 0 Å². The van der Waals surface area contributed by atoms with Gasteiger partial charge in [0.15, 0.2) is 17.4 Å². The van der Waals surface area contributed by atoms with E-state index in [9.17, 15) is 13.2 Å². The Bertz CT molecular complexity index is 1120. The van der Waals surface area contributed by atoms with E-state index in [1.54, 1.807) is 0 Å². The van der Waals surface area contributed by atoms with Crippen molar-refractivity contribution in [1.29, 1.82) is 0 Å². The molecule has 0 saturated carbocycles. The highest BCUT2D eigenvalue weighted by Crippen LogP contribution is 2.34. The van der Waals surface area contributed by atoms with Crippen LogP contribution in [0.1, 0.15) is 24.0 Å². The van der Waals surface area contributed by atoms with Gasteiger partial charge >= 0.3 is 0 Å². The second-order valence-electron chi connectivity index (χ2n) is 7.48. The molecule has 3 nitrogen and oxygen atoms in total. The monoisotopic (exact) mass is 437 g/mol. The average molecular weight is 437 g/mol. The Morgan fingerprint density at radius 2 is 1.66 bits per heavy atom. The van der Waals surface area contributed by atoms with E-state index in [0.717, 1.165) is 24.5 Å². The Balaban J connectivity index is 1.72. The minimum Gasteiger partial charge on any atom is -0.484 e. The lowest BCUT2D eigenvalue weighted by atomic mass is 10.00. The van der Waals surface area contributed by atoms with E-state index in [1.165, 1.54) is 24.3 Å². The van der Waals surface area contributed by atoms with E-state index in [-0.39, 0.29) is 29.5 Å². The molecule has 0 aromatic heterocycles. The summed E-state index contributed by atoms with van der Waals surface area (Å²) in [7, 11) is 0. The number of anilines is 2. The number of hydrogen-bond acceptors (Lipinski definition) is 3. The summed E-state index contributed by atoms with van der Waals surface area (Å²) in [6.07, 6.45) is 1.51. The maximum atomic E-state index is 14.9. The molecule has 164 valence electrons. The third-order valence-corrected chi connectivity index (χ3v) is 5.15. The molecule has 3 aromatic carbocycles. The number of ether oxygens (including phenoxy) is 2. The van der Waals surface area contributed by atoms with Gasteiger partial charge in [0, 0.05) is 30.9 Å². The zero-order valence-electron chi connectivity index (χ0n) is 17.3. The lowest BCUT2D eigenvalue weighted by Gasteiger charge is -2.18. The normalized spacial score (nSPS) is 13.8. The molecule has 0 spiro atoms. The average Bonchev–Trinajstić information content (AvgIpc) is 2.81. The fraction of sp³-hybridized carbons (Fsp3) is 0.231. The molecule has 1 aliphatic rings. The topological polar surface area (TPSA) is 30.5 Å². The Labute approximate surface area is 185 Å². The molecule has 1 N–H and O–H groups in total. The predicted octanol–water partition coefficient (Wildman–Crippen LogP) is 6.20. The molecule has 1 heterocycles. The molecule has 0 aliphatic carbocycles. The first-order valence-electron chi connectivity index (χ1n) is 10.4. The summed E-state index contributed by atoms with van der Waals surface area (Å²) in [6.45, 7) is 1.31. The van der Waals surface area contributed by atoms with Crippen LogP contribution < -0.4 is 10.1 Å². The standard InChI is InChI=1S/C26H22F3NO2/c27-20-7-9-21(10-8-20)30-25-22(11-6-18-12-14-31-15-13-18)26(24(29)16-23(25)28)32-17-19-4-2-1-3-5-19/h1-5,7-10,16,18,30H,12-15,17H2. The van der Waals surface area contributed by atoms with Gasteiger partial charge < -0.3 is 14.8 Å². The molecule has 1 fully saturated rings. The van der Waals surface area contributed by atoms with Gasteiger partial charge in [-0.3, -0.25) is 0 Å². The highest BCUT2D eigenvalue weighted by Gasteiger charge is 2.20. The summed E-state index contributed by atoms with van der Waals surface area (Å²) in [5.41, 5.74) is 1.36. The van der Waals surface area contributed by atoms with Crippen LogP contribution in [-0.4, -0.2) is 13.2 Å². The van der Waals surface area contributed by atoms with Crippen LogP contribution in [0.2, 0.25) is 0 Å². The van der Waals surface area contributed by atoms with Crippen molar-refractivity contribution < 1.29 is 22.6 Å². The minimum atomic E-state index is -0.834. The lowest BCUT2D eigenvalue weighted by Crippen LogP contribution is -2.14. The Kier molecular flexibility index (Phi) is 6.98. The number of halogens is 3. The predicted molar refractivity (Wildman–Crippen MR) is 117 cm³/mol. The quantitative estimate of drug-likeness (QED) is 0.482. The van der Waals surface area contributed by atoms with Crippen LogP contribution in [0, 0.1) is 35.2 Å². The maximum absolute atomic E-state index is 14.9. The van der Waals surface area contributed by atoms with Gasteiger partial charge in [0.25, 0.3) is 0 Å². The van der Waals surface area contributed by atoms with Crippen molar-refractivity contribution in [3.05, 3.63) is 89.2 Å². The van der Waals surface area contributed by atoms with Gasteiger partial charge in [-0.05, 0) is 42.7 Å². The second-order valence-corrected chi connectivity index (χ2v) is 7.48. The molecule has 4 rings (SSSR count). The summed E-state index contributed by atoms with van der Waals surface area (Å²) < 4.78 is 54.1. The highest BCUT2D eigenvalue weighted by molar-refractivity contribution is 5.72. The van der Waals surface area contributed by atoms with Crippen molar-refractivity contribution in [2.45, 2.75) is 19.4 Å². The largest absolute Gasteiger partial charge is 0.484 e. The van der Waals surface area contributed by atoms with Gasteiger partial charge in [-0.25, -0.2) is 13.2 Å². The Morgan fingerprint density at radius 1 is 0.938 bits per heavy atom. The van der Waals surface area contributed by atoms with Crippen molar-refractivity contribution in [1.82, 2.24) is 0 Å². The van der Waals surface area contributed by atoms with Crippen LogP contribution in [-0.2, 0) is 11.3 Å². The van der Waals surface area contributed by atoms with Gasteiger partial charge in [-0.1, -0.05) is 42.2 Å². The van der Waals surface area contributed by atoms with Crippen LogP contribution in [0.5, 0.6) is 5.75 Å². The van der Waals surface area contributed by atoms with Crippen LogP contribution in [0.4, 0.5) is 24.5 Å². The van der Waals surface area contributed by atoms with Gasteiger partial charge in [-0.2, -0.15) is 0 Å². The smallest absolute Gasteiger partial charge is 0.173 e. The minimum absolute atomic E-state index is 0.0133. The summed E-state index contributed by atoms with van der Waals surface area (Å²) in [6, 6.07) is 15.5. The molecule has 0 radical (unpaired) electrons. The second kappa shape index (κ2) is 10.3. The van der Waals surface area contributed by atoms with Crippen LogP contribution in [0.15, 0.2) is 60.7 Å².